The van der Waals surface area contributed by atoms with Crippen LogP contribution in [0.4, 0.5) is 13.2 Å². The lowest BCUT2D eigenvalue weighted by molar-refractivity contribution is -0.138. The lowest BCUT2D eigenvalue weighted by Gasteiger charge is -2.32. The Balaban J connectivity index is 1.10. The van der Waals surface area contributed by atoms with Crippen LogP contribution in [0, 0.1) is 17.2 Å². The molecule has 3 aromatic rings. The first-order chi connectivity index (χ1) is 19.4. The molecule has 0 saturated carbocycles. The van der Waals surface area contributed by atoms with Gasteiger partial charge in [0.15, 0.2) is 0 Å². The van der Waals surface area contributed by atoms with Crippen molar-refractivity contribution in [1.29, 1.82) is 5.26 Å². The zero-order valence-corrected chi connectivity index (χ0v) is 22.8. The number of hydrogen-bond donors (Lipinski definition) is 0. The second-order valence-electron chi connectivity index (χ2n) is 11.1. The number of alkyl halides is 3. The molecule has 0 aliphatic carbocycles. The minimum Gasteiger partial charge on any atom is -0.494 e. The highest BCUT2D eigenvalue weighted by Gasteiger charge is 2.33. The molecule has 2 aliphatic heterocycles. The first-order valence-electron chi connectivity index (χ1n) is 14.2. The number of nitriles is 1. The minimum absolute atomic E-state index is 0.282. The van der Waals surface area contributed by atoms with Gasteiger partial charge < -0.3 is 4.74 Å². The summed E-state index contributed by atoms with van der Waals surface area (Å²) in [4.78, 5) is 4.59. The second-order valence-corrected chi connectivity index (χ2v) is 11.1. The smallest absolute Gasteiger partial charge is 0.416 e. The van der Waals surface area contributed by atoms with Gasteiger partial charge in [0.25, 0.3) is 0 Å². The molecule has 0 radical (unpaired) electrons. The molecule has 0 amide bonds. The summed E-state index contributed by atoms with van der Waals surface area (Å²) in [6, 6.07) is 22.2. The average Bonchev–Trinajstić information content (AvgIpc) is 3.15. The van der Waals surface area contributed by atoms with Gasteiger partial charge in [0.2, 0.25) is 0 Å². The van der Waals surface area contributed by atoms with E-state index in [1.807, 2.05) is 30.3 Å². The molecule has 210 valence electrons. The number of fused-ring (bicyclic) bond motifs is 1. The number of piperidine rings is 1. The van der Waals surface area contributed by atoms with Crippen molar-refractivity contribution in [2.24, 2.45) is 5.92 Å². The molecule has 2 aliphatic rings. The molecule has 1 fully saturated rings. The normalized spacial score (nSPS) is 17.1. The van der Waals surface area contributed by atoms with Crippen LogP contribution in [0.1, 0.15) is 59.1 Å². The molecule has 5 rings (SSSR count). The Hall–Kier alpha value is -3.34. The lowest BCUT2D eigenvalue weighted by Crippen LogP contribution is -2.33. The van der Waals surface area contributed by atoms with E-state index in [4.69, 9.17) is 10.00 Å². The zero-order chi connectivity index (χ0) is 28.0. The largest absolute Gasteiger partial charge is 0.494 e. The summed E-state index contributed by atoms with van der Waals surface area (Å²) in [5, 5.41) is 8.97. The van der Waals surface area contributed by atoms with Crippen molar-refractivity contribution >= 4 is 0 Å². The van der Waals surface area contributed by atoms with E-state index in [0.29, 0.717) is 30.2 Å². The number of nitrogens with zero attached hydrogens (tertiary/aromatic N) is 3. The summed E-state index contributed by atoms with van der Waals surface area (Å²) >= 11 is 0. The first kappa shape index (κ1) is 28.2. The molecule has 0 atom stereocenters. The molecule has 0 N–H and O–H groups in total. The highest BCUT2D eigenvalue weighted by Crippen LogP contribution is 2.33. The van der Waals surface area contributed by atoms with Gasteiger partial charge in [0.1, 0.15) is 5.75 Å². The monoisotopic (exact) mass is 547 g/mol. The Bertz CT molecular complexity index is 1310. The summed E-state index contributed by atoms with van der Waals surface area (Å²) in [7, 11) is 0. The standard InChI is InChI=1S/C33H36F3N3O/c34-33(35,36)32-6-2-1-4-29(32)23-39-16-3-5-28-11-12-31(20-30(28)24-39)40-19-15-25-13-17-38(18-14-25)22-27-9-7-26(21-37)8-10-27/h1-2,4,6-12,20,25H,3,5,13-19,22-24H2. The minimum atomic E-state index is -4.34. The summed E-state index contributed by atoms with van der Waals surface area (Å²) in [6.45, 7) is 5.39. The van der Waals surface area contributed by atoms with E-state index in [-0.39, 0.29) is 6.54 Å². The van der Waals surface area contributed by atoms with Gasteiger partial charge in [-0.25, -0.2) is 0 Å². The number of benzene rings is 3. The molecule has 3 aromatic carbocycles. The van der Waals surface area contributed by atoms with Gasteiger partial charge in [-0.05, 0) is 110 Å². The van der Waals surface area contributed by atoms with E-state index in [9.17, 15) is 13.2 Å². The molecule has 4 nitrogen and oxygen atoms in total. The van der Waals surface area contributed by atoms with Crippen LogP contribution in [0.15, 0.2) is 66.7 Å². The third-order valence-corrected chi connectivity index (χ3v) is 8.20. The molecule has 0 unspecified atom stereocenters. The fourth-order valence-electron chi connectivity index (χ4n) is 5.93. The van der Waals surface area contributed by atoms with Crippen molar-refractivity contribution in [2.45, 2.75) is 57.9 Å². The van der Waals surface area contributed by atoms with Crippen LogP contribution in [0.2, 0.25) is 0 Å². The summed E-state index contributed by atoms with van der Waals surface area (Å²) < 4.78 is 46.7. The van der Waals surface area contributed by atoms with Crippen molar-refractivity contribution < 1.29 is 17.9 Å². The Morgan fingerprint density at radius 1 is 0.875 bits per heavy atom. The number of aryl methyl sites for hydroxylation is 1. The third kappa shape index (κ3) is 7.44. The number of rotatable bonds is 8. The Morgan fingerprint density at radius 3 is 2.40 bits per heavy atom. The van der Waals surface area contributed by atoms with Crippen molar-refractivity contribution in [1.82, 2.24) is 9.80 Å². The van der Waals surface area contributed by atoms with Crippen LogP contribution in [0.5, 0.6) is 5.75 Å². The molecule has 0 spiro atoms. The molecule has 2 heterocycles. The summed E-state index contributed by atoms with van der Waals surface area (Å²) in [5.41, 5.74) is 4.13. The average molecular weight is 548 g/mol. The molecular weight excluding hydrogens is 511 g/mol. The van der Waals surface area contributed by atoms with Crippen molar-refractivity contribution in [3.05, 3.63) is 100 Å². The van der Waals surface area contributed by atoms with Crippen molar-refractivity contribution in [3.63, 3.8) is 0 Å². The van der Waals surface area contributed by atoms with Gasteiger partial charge >= 0.3 is 6.18 Å². The Labute approximate surface area is 235 Å². The molecule has 7 heteroatoms. The quantitative estimate of drug-likeness (QED) is 0.299. The van der Waals surface area contributed by atoms with E-state index >= 15 is 0 Å². The molecule has 40 heavy (non-hydrogen) atoms. The van der Waals surface area contributed by atoms with Gasteiger partial charge in [0.05, 0.1) is 23.8 Å². The van der Waals surface area contributed by atoms with E-state index in [2.05, 4.69) is 28.0 Å². The van der Waals surface area contributed by atoms with E-state index in [1.165, 1.54) is 23.3 Å². The van der Waals surface area contributed by atoms with E-state index in [1.54, 1.807) is 12.1 Å². The van der Waals surface area contributed by atoms with Crippen LogP contribution < -0.4 is 4.74 Å². The molecule has 0 bridgehead atoms. The number of hydrogen-bond acceptors (Lipinski definition) is 4. The van der Waals surface area contributed by atoms with E-state index < -0.39 is 11.7 Å². The Morgan fingerprint density at radius 2 is 1.65 bits per heavy atom. The second kappa shape index (κ2) is 12.9. The Kier molecular flexibility index (Phi) is 9.08. The highest BCUT2D eigenvalue weighted by atomic mass is 19.4. The SMILES string of the molecule is N#Cc1ccc(CN2CCC(CCOc3ccc4c(c3)CN(Cc3ccccc3C(F)(F)F)CCC4)CC2)cc1. The van der Waals surface area contributed by atoms with Gasteiger partial charge in [-0.2, -0.15) is 18.4 Å². The third-order valence-electron chi connectivity index (χ3n) is 8.20. The maximum atomic E-state index is 13.5. The summed E-state index contributed by atoms with van der Waals surface area (Å²) in [5.74, 6) is 1.48. The van der Waals surface area contributed by atoms with Crippen LogP contribution in [-0.2, 0) is 32.2 Å². The van der Waals surface area contributed by atoms with E-state index in [0.717, 1.165) is 69.6 Å². The first-order valence-corrected chi connectivity index (χ1v) is 14.2. The maximum Gasteiger partial charge on any atom is 0.416 e. The van der Waals surface area contributed by atoms with Crippen molar-refractivity contribution in [2.75, 3.05) is 26.2 Å². The maximum absolute atomic E-state index is 13.5. The fraction of sp³-hybridized carbons (Fsp3) is 0.424. The predicted molar refractivity (Wildman–Crippen MR) is 150 cm³/mol. The zero-order valence-electron chi connectivity index (χ0n) is 22.8. The van der Waals surface area contributed by atoms with Crippen LogP contribution in [-0.4, -0.2) is 36.0 Å². The van der Waals surface area contributed by atoms with Gasteiger partial charge in [-0.3, -0.25) is 9.80 Å². The van der Waals surface area contributed by atoms with Crippen LogP contribution in [0.25, 0.3) is 0 Å². The van der Waals surface area contributed by atoms with Crippen LogP contribution >= 0.6 is 0 Å². The molecule has 1 saturated heterocycles. The van der Waals surface area contributed by atoms with Crippen molar-refractivity contribution in [3.8, 4) is 11.8 Å². The fourth-order valence-corrected chi connectivity index (χ4v) is 5.93. The predicted octanol–water partition coefficient (Wildman–Crippen LogP) is 7.21. The van der Waals surface area contributed by atoms with Gasteiger partial charge in [-0.1, -0.05) is 36.4 Å². The lowest BCUT2D eigenvalue weighted by atomic mass is 9.93. The number of likely N-dealkylation sites (tertiary alicyclic amines) is 1. The molecular formula is C33H36F3N3O. The van der Waals surface area contributed by atoms with Gasteiger partial charge in [-0.15, -0.1) is 0 Å². The topological polar surface area (TPSA) is 39.5 Å². The summed E-state index contributed by atoms with van der Waals surface area (Å²) in [6.07, 6.45) is 0.820. The molecule has 0 aromatic heterocycles. The van der Waals surface area contributed by atoms with Gasteiger partial charge in [0, 0.05) is 19.6 Å². The number of ether oxygens (including phenoxy) is 1. The van der Waals surface area contributed by atoms with Crippen LogP contribution in [0.3, 0.4) is 0 Å². The number of halogens is 3. The highest BCUT2D eigenvalue weighted by molar-refractivity contribution is 5.37.